The number of pyridine rings is 1. The van der Waals surface area contributed by atoms with E-state index in [9.17, 15) is 23.2 Å². The van der Waals surface area contributed by atoms with E-state index in [0.29, 0.717) is 0 Å². The highest BCUT2D eigenvalue weighted by Gasteiger charge is 2.21. The molecule has 0 bridgehead atoms. The molecule has 0 aliphatic heterocycles. The van der Waals surface area contributed by atoms with Gasteiger partial charge in [-0.15, -0.1) is 0 Å². The van der Waals surface area contributed by atoms with Crippen molar-refractivity contribution in [1.82, 2.24) is 4.98 Å². The Morgan fingerprint density at radius 1 is 1.33 bits per heavy atom. The number of ether oxygens (including phenoxy) is 1. The van der Waals surface area contributed by atoms with Crippen LogP contribution < -0.4 is 5.43 Å². The minimum absolute atomic E-state index is 0.0578. The first-order valence-corrected chi connectivity index (χ1v) is 6.09. The van der Waals surface area contributed by atoms with Crippen LogP contribution in [0, 0.1) is 11.6 Å². The van der Waals surface area contributed by atoms with Crippen LogP contribution in [0.15, 0.2) is 17.1 Å². The molecule has 0 atom stereocenters. The topological polar surface area (TPSA) is 76.2 Å². The normalized spacial score (nSPS) is 10.7. The van der Waals surface area contributed by atoms with Gasteiger partial charge in [0.05, 0.1) is 23.1 Å². The molecule has 5 nitrogen and oxygen atoms in total. The number of aromatic nitrogens is 1. The summed E-state index contributed by atoms with van der Waals surface area (Å²) in [6, 6.07) is 0.733. The van der Waals surface area contributed by atoms with Crippen LogP contribution in [0.25, 0.3) is 10.9 Å². The summed E-state index contributed by atoms with van der Waals surface area (Å²) in [7, 11) is 0. The van der Waals surface area contributed by atoms with Gasteiger partial charge >= 0.3 is 5.97 Å². The van der Waals surface area contributed by atoms with Crippen molar-refractivity contribution in [3.63, 3.8) is 0 Å². The van der Waals surface area contributed by atoms with E-state index in [1.165, 1.54) is 0 Å². The number of carbonyl (C=O) groups is 2. The molecule has 1 aromatic carbocycles. The quantitative estimate of drug-likeness (QED) is 0.695. The number of Topliss-reactive ketones (excluding diaryl/α,β-unsaturated/α-hetero) is 1. The summed E-state index contributed by atoms with van der Waals surface area (Å²) in [6.07, 6.45) is 0.980. The molecule has 1 N–H and O–H groups in total. The second-order valence-electron chi connectivity index (χ2n) is 4.28. The molecule has 0 aliphatic carbocycles. The molecule has 0 spiro atoms. The van der Waals surface area contributed by atoms with Crippen molar-refractivity contribution in [3.05, 3.63) is 45.2 Å². The Hall–Kier alpha value is -2.57. The zero-order valence-corrected chi connectivity index (χ0v) is 11.3. The third-order valence-corrected chi connectivity index (χ3v) is 2.92. The number of esters is 1. The maximum Gasteiger partial charge on any atom is 0.343 e. The first-order chi connectivity index (χ1) is 9.88. The van der Waals surface area contributed by atoms with Crippen molar-refractivity contribution in [2.24, 2.45) is 0 Å². The van der Waals surface area contributed by atoms with Crippen LogP contribution in [-0.4, -0.2) is 23.3 Å². The van der Waals surface area contributed by atoms with Crippen molar-refractivity contribution in [3.8, 4) is 0 Å². The lowest BCUT2D eigenvalue weighted by atomic mass is 10.0. The molecule has 0 saturated heterocycles. The number of halogens is 2. The maximum atomic E-state index is 14.1. The monoisotopic (exact) mass is 295 g/mol. The minimum Gasteiger partial charge on any atom is -0.462 e. The number of carbonyl (C=O) groups excluding carboxylic acids is 2. The van der Waals surface area contributed by atoms with E-state index in [4.69, 9.17) is 0 Å². The van der Waals surface area contributed by atoms with E-state index in [0.717, 1.165) is 19.2 Å². The molecule has 21 heavy (non-hydrogen) atoms. The fourth-order valence-electron chi connectivity index (χ4n) is 1.98. The van der Waals surface area contributed by atoms with Crippen molar-refractivity contribution < 1.29 is 23.1 Å². The van der Waals surface area contributed by atoms with E-state index in [-0.39, 0.29) is 23.1 Å². The van der Waals surface area contributed by atoms with E-state index in [1.54, 1.807) is 6.92 Å². The largest absolute Gasteiger partial charge is 0.462 e. The molecular formula is C14H11F2NO4. The van der Waals surface area contributed by atoms with E-state index >= 15 is 0 Å². The van der Waals surface area contributed by atoms with E-state index in [1.807, 2.05) is 0 Å². The molecule has 1 heterocycles. The fraction of sp³-hybridized carbons (Fsp3) is 0.214. The molecule has 2 rings (SSSR count). The summed E-state index contributed by atoms with van der Waals surface area (Å²) in [5.74, 6) is -4.01. The molecule has 1 aromatic heterocycles. The molecule has 0 radical (unpaired) electrons. The van der Waals surface area contributed by atoms with Crippen molar-refractivity contribution >= 4 is 22.7 Å². The Bertz CT molecular complexity index is 811. The Labute approximate surface area is 117 Å². The Balaban J connectivity index is 2.79. The summed E-state index contributed by atoms with van der Waals surface area (Å²) in [5, 5.41) is -0.361. The highest BCUT2D eigenvalue weighted by molar-refractivity contribution is 6.00. The van der Waals surface area contributed by atoms with Gasteiger partial charge in [-0.25, -0.2) is 13.6 Å². The number of rotatable bonds is 3. The Morgan fingerprint density at radius 3 is 2.57 bits per heavy atom. The van der Waals surface area contributed by atoms with Gasteiger partial charge in [0.25, 0.3) is 0 Å². The molecule has 0 aliphatic rings. The number of hydrogen-bond donors (Lipinski definition) is 1. The zero-order chi connectivity index (χ0) is 15.7. The van der Waals surface area contributed by atoms with Gasteiger partial charge in [-0.1, -0.05) is 0 Å². The average molecular weight is 295 g/mol. The summed E-state index contributed by atoms with van der Waals surface area (Å²) in [6.45, 7) is 2.63. The number of aromatic amines is 1. The third-order valence-electron chi connectivity index (χ3n) is 2.92. The van der Waals surface area contributed by atoms with Crippen molar-refractivity contribution in [1.29, 1.82) is 0 Å². The lowest BCUT2D eigenvalue weighted by molar-refractivity contribution is 0.0524. The SMILES string of the molecule is CCOC(=O)c1c[nH]c2c(F)c(C(C)=O)c(F)cc2c1=O. The van der Waals surface area contributed by atoms with Gasteiger partial charge in [-0.3, -0.25) is 9.59 Å². The van der Waals surface area contributed by atoms with Gasteiger partial charge in [-0.2, -0.15) is 0 Å². The molecule has 7 heteroatoms. The first kappa shape index (κ1) is 14.8. The molecule has 110 valence electrons. The third kappa shape index (κ3) is 2.42. The predicted octanol–water partition coefficient (Wildman–Crippen LogP) is 2.19. The summed E-state index contributed by atoms with van der Waals surface area (Å²) < 4.78 is 32.5. The van der Waals surface area contributed by atoms with Gasteiger partial charge in [-0.05, 0) is 19.9 Å². The lowest BCUT2D eigenvalue weighted by Crippen LogP contribution is -2.19. The van der Waals surface area contributed by atoms with Crippen LogP contribution in [0.5, 0.6) is 0 Å². The van der Waals surface area contributed by atoms with E-state index in [2.05, 4.69) is 9.72 Å². The number of hydrogen-bond acceptors (Lipinski definition) is 4. The van der Waals surface area contributed by atoms with Crippen LogP contribution in [-0.2, 0) is 4.74 Å². The van der Waals surface area contributed by atoms with Crippen molar-refractivity contribution in [2.75, 3.05) is 6.61 Å². The van der Waals surface area contributed by atoms with Crippen LogP contribution in [0.1, 0.15) is 34.6 Å². The summed E-state index contributed by atoms with van der Waals surface area (Å²) >= 11 is 0. The second-order valence-corrected chi connectivity index (χ2v) is 4.28. The predicted molar refractivity (Wildman–Crippen MR) is 70.4 cm³/mol. The zero-order valence-electron chi connectivity index (χ0n) is 11.3. The highest BCUT2D eigenvalue weighted by atomic mass is 19.1. The first-order valence-electron chi connectivity index (χ1n) is 6.09. The second kappa shape index (κ2) is 5.43. The van der Waals surface area contributed by atoms with Gasteiger partial charge in [0.1, 0.15) is 11.4 Å². The molecule has 0 saturated carbocycles. The Kier molecular flexibility index (Phi) is 3.84. The Morgan fingerprint density at radius 2 is 2.00 bits per heavy atom. The van der Waals surface area contributed by atoms with Gasteiger partial charge < -0.3 is 9.72 Å². The smallest absolute Gasteiger partial charge is 0.343 e. The molecule has 2 aromatic rings. The van der Waals surface area contributed by atoms with Crippen LogP contribution in [0.4, 0.5) is 8.78 Å². The number of nitrogens with one attached hydrogen (secondary N) is 1. The standard InChI is InChI=1S/C14H11F2NO4/c1-3-21-14(20)8-5-17-12-7(13(8)19)4-9(15)10(6(2)18)11(12)16/h4-5H,3H2,1-2H3,(H,17,19). The fourth-order valence-corrected chi connectivity index (χ4v) is 1.98. The lowest BCUT2D eigenvalue weighted by Gasteiger charge is -2.07. The molecule has 0 unspecified atom stereocenters. The van der Waals surface area contributed by atoms with Gasteiger partial charge in [0, 0.05) is 6.20 Å². The molecule has 0 amide bonds. The van der Waals surface area contributed by atoms with E-state index < -0.39 is 34.4 Å². The van der Waals surface area contributed by atoms with Crippen LogP contribution >= 0.6 is 0 Å². The van der Waals surface area contributed by atoms with Crippen LogP contribution in [0.3, 0.4) is 0 Å². The number of H-pyrrole nitrogens is 1. The summed E-state index contributed by atoms with van der Waals surface area (Å²) in [5.41, 5.74) is -2.30. The molecule has 0 fully saturated rings. The van der Waals surface area contributed by atoms with Gasteiger partial charge in [0.2, 0.25) is 5.43 Å². The summed E-state index contributed by atoms with van der Waals surface area (Å²) in [4.78, 5) is 37.3. The number of fused-ring (bicyclic) bond motifs is 1. The van der Waals surface area contributed by atoms with Gasteiger partial charge in [0.15, 0.2) is 11.6 Å². The minimum atomic E-state index is -1.16. The maximum absolute atomic E-state index is 14.1. The van der Waals surface area contributed by atoms with Crippen molar-refractivity contribution in [2.45, 2.75) is 13.8 Å². The molecular weight excluding hydrogens is 284 g/mol. The average Bonchev–Trinajstić information content (AvgIpc) is 2.39. The highest BCUT2D eigenvalue weighted by Crippen LogP contribution is 2.21. The number of benzene rings is 1. The van der Waals surface area contributed by atoms with Crippen LogP contribution in [0.2, 0.25) is 0 Å². The number of ketones is 1.